The van der Waals surface area contributed by atoms with Gasteiger partial charge in [0.25, 0.3) is 0 Å². The molecule has 1 heterocycles. The minimum Gasteiger partial charge on any atom is -0.363 e. The summed E-state index contributed by atoms with van der Waals surface area (Å²) >= 11 is 5.19. The molecule has 1 N–H and O–H groups in total. The number of nitrogens with zero attached hydrogens (tertiary/aromatic N) is 2. The van der Waals surface area contributed by atoms with E-state index >= 15 is 0 Å². The van der Waals surface area contributed by atoms with Gasteiger partial charge in [-0.1, -0.05) is 6.07 Å². The minimum atomic E-state index is 0.744. The van der Waals surface area contributed by atoms with Crippen LogP contribution < -0.4 is 5.32 Å². The van der Waals surface area contributed by atoms with Crippen molar-refractivity contribution in [1.82, 2.24) is 15.2 Å². The van der Waals surface area contributed by atoms with Crippen molar-refractivity contribution in [3.8, 4) is 0 Å². The third-order valence-electron chi connectivity index (χ3n) is 2.02. The zero-order valence-electron chi connectivity index (χ0n) is 9.45. The maximum Gasteiger partial charge on any atom is 0.169 e. The Labute approximate surface area is 96.5 Å². The van der Waals surface area contributed by atoms with Gasteiger partial charge in [-0.15, -0.1) is 0 Å². The number of rotatable bonds is 3. The molecule has 0 saturated carbocycles. The van der Waals surface area contributed by atoms with Gasteiger partial charge in [-0.2, -0.15) is 0 Å². The fraction of sp³-hybridized carbons (Fsp3) is 0.455. The van der Waals surface area contributed by atoms with Crippen molar-refractivity contribution in [2.45, 2.75) is 20.4 Å². The molecule has 82 valence electrons. The van der Waals surface area contributed by atoms with E-state index in [1.807, 2.05) is 44.0 Å². The second-order valence-electron chi connectivity index (χ2n) is 3.46. The van der Waals surface area contributed by atoms with Gasteiger partial charge in [-0.25, -0.2) is 0 Å². The zero-order valence-corrected chi connectivity index (χ0v) is 10.3. The highest BCUT2D eigenvalue weighted by atomic mass is 32.1. The summed E-state index contributed by atoms with van der Waals surface area (Å²) in [5.74, 6) is 0. The van der Waals surface area contributed by atoms with Gasteiger partial charge in [-0.05, 0) is 38.2 Å². The number of nitrogens with one attached hydrogen (secondary N) is 1. The first-order valence-corrected chi connectivity index (χ1v) is 5.45. The predicted octanol–water partition coefficient (Wildman–Crippen LogP) is 1.72. The Morgan fingerprint density at radius 2 is 2.27 bits per heavy atom. The average molecular weight is 223 g/mol. The van der Waals surface area contributed by atoms with Crippen molar-refractivity contribution in [3.63, 3.8) is 0 Å². The Morgan fingerprint density at radius 1 is 1.53 bits per heavy atom. The lowest BCUT2D eigenvalue weighted by atomic mass is 10.3. The van der Waals surface area contributed by atoms with Crippen LogP contribution in [0.3, 0.4) is 0 Å². The van der Waals surface area contributed by atoms with E-state index in [0.29, 0.717) is 0 Å². The molecule has 0 unspecified atom stereocenters. The number of aromatic nitrogens is 1. The SMILES string of the molecule is CCNC(=S)N(C)Cc1cccc(C)n1. The second-order valence-corrected chi connectivity index (χ2v) is 3.85. The molecule has 0 saturated heterocycles. The summed E-state index contributed by atoms with van der Waals surface area (Å²) in [7, 11) is 1.97. The van der Waals surface area contributed by atoms with E-state index < -0.39 is 0 Å². The maximum absolute atomic E-state index is 5.19. The molecule has 3 nitrogen and oxygen atoms in total. The number of hydrogen-bond acceptors (Lipinski definition) is 2. The first kappa shape index (κ1) is 11.9. The van der Waals surface area contributed by atoms with Crippen molar-refractivity contribution < 1.29 is 0 Å². The van der Waals surface area contributed by atoms with Crippen LogP contribution >= 0.6 is 12.2 Å². The van der Waals surface area contributed by atoms with Crippen LogP contribution in [-0.4, -0.2) is 28.6 Å². The number of pyridine rings is 1. The van der Waals surface area contributed by atoms with E-state index in [-0.39, 0.29) is 0 Å². The highest BCUT2D eigenvalue weighted by Crippen LogP contribution is 2.01. The van der Waals surface area contributed by atoms with Gasteiger partial charge in [0.1, 0.15) is 0 Å². The lowest BCUT2D eigenvalue weighted by Gasteiger charge is -2.20. The molecule has 0 aliphatic carbocycles. The molecule has 15 heavy (non-hydrogen) atoms. The summed E-state index contributed by atoms with van der Waals surface area (Å²) < 4.78 is 0. The van der Waals surface area contributed by atoms with E-state index in [9.17, 15) is 0 Å². The number of hydrogen-bond donors (Lipinski definition) is 1. The molecule has 1 rings (SSSR count). The fourth-order valence-electron chi connectivity index (χ4n) is 1.29. The lowest BCUT2D eigenvalue weighted by Crippen LogP contribution is -2.36. The van der Waals surface area contributed by atoms with Crippen LogP contribution in [0.1, 0.15) is 18.3 Å². The van der Waals surface area contributed by atoms with Gasteiger partial charge < -0.3 is 10.2 Å². The Bertz CT molecular complexity index is 338. The van der Waals surface area contributed by atoms with Gasteiger partial charge in [0, 0.05) is 19.3 Å². The molecule has 1 aromatic heterocycles. The maximum atomic E-state index is 5.19. The van der Waals surface area contributed by atoms with E-state index in [0.717, 1.165) is 29.6 Å². The van der Waals surface area contributed by atoms with Gasteiger partial charge in [0.15, 0.2) is 5.11 Å². The molecule has 4 heteroatoms. The van der Waals surface area contributed by atoms with Crippen LogP contribution in [0.5, 0.6) is 0 Å². The molecule has 0 atom stereocenters. The molecule has 0 aliphatic rings. The molecule has 0 amide bonds. The van der Waals surface area contributed by atoms with Crippen LogP contribution in [0, 0.1) is 6.92 Å². The molecule has 0 fully saturated rings. The first-order chi connectivity index (χ1) is 7.13. The van der Waals surface area contributed by atoms with Crippen molar-refractivity contribution in [3.05, 3.63) is 29.6 Å². The van der Waals surface area contributed by atoms with E-state index in [2.05, 4.69) is 10.3 Å². The standard InChI is InChI=1S/C11H17N3S/c1-4-12-11(15)14(3)8-10-7-5-6-9(2)13-10/h5-7H,4,8H2,1-3H3,(H,12,15). The zero-order chi connectivity index (χ0) is 11.3. The number of thiocarbonyl (C=S) groups is 1. The van der Waals surface area contributed by atoms with Crippen LogP contribution in [-0.2, 0) is 6.54 Å². The van der Waals surface area contributed by atoms with Crippen LogP contribution in [0.4, 0.5) is 0 Å². The monoisotopic (exact) mass is 223 g/mol. The van der Waals surface area contributed by atoms with Crippen molar-refractivity contribution in [1.29, 1.82) is 0 Å². The molecule has 0 bridgehead atoms. The summed E-state index contributed by atoms with van der Waals surface area (Å²) in [6, 6.07) is 6.02. The molecular formula is C11H17N3S. The third-order valence-corrected chi connectivity index (χ3v) is 2.48. The van der Waals surface area contributed by atoms with Gasteiger partial charge >= 0.3 is 0 Å². The van der Waals surface area contributed by atoms with Gasteiger partial charge in [0.05, 0.1) is 12.2 Å². The summed E-state index contributed by atoms with van der Waals surface area (Å²) in [6.07, 6.45) is 0. The molecule has 0 aromatic carbocycles. The average Bonchev–Trinajstić information content (AvgIpc) is 2.18. The topological polar surface area (TPSA) is 28.2 Å². The Kier molecular flexibility index (Phi) is 4.49. The normalized spacial score (nSPS) is 9.80. The largest absolute Gasteiger partial charge is 0.363 e. The molecule has 0 radical (unpaired) electrons. The molecule has 1 aromatic rings. The minimum absolute atomic E-state index is 0.744. The number of aryl methyl sites for hydroxylation is 1. The second kappa shape index (κ2) is 5.66. The van der Waals surface area contributed by atoms with E-state index in [1.165, 1.54) is 0 Å². The smallest absolute Gasteiger partial charge is 0.169 e. The van der Waals surface area contributed by atoms with E-state index in [1.54, 1.807) is 0 Å². The summed E-state index contributed by atoms with van der Waals surface area (Å²) in [4.78, 5) is 6.41. The predicted molar refractivity (Wildman–Crippen MR) is 66.7 cm³/mol. The molecule has 0 spiro atoms. The van der Waals surface area contributed by atoms with Crippen LogP contribution in [0.15, 0.2) is 18.2 Å². The lowest BCUT2D eigenvalue weighted by molar-refractivity contribution is 0.483. The summed E-state index contributed by atoms with van der Waals surface area (Å²) in [5, 5.41) is 3.87. The van der Waals surface area contributed by atoms with Crippen LogP contribution in [0.2, 0.25) is 0 Å². The highest BCUT2D eigenvalue weighted by molar-refractivity contribution is 7.80. The Hall–Kier alpha value is -1.16. The third kappa shape index (κ3) is 3.83. The van der Waals surface area contributed by atoms with Gasteiger partial charge in [0.2, 0.25) is 0 Å². The summed E-state index contributed by atoms with van der Waals surface area (Å²) in [5.41, 5.74) is 2.08. The quantitative estimate of drug-likeness (QED) is 0.790. The first-order valence-electron chi connectivity index (χ1n) is 5.05. The van der Waals surface area contributed by atoms with Crippen molar-refractivity contribution in [2.24, 2.45) is 0 Å². The Balaban J connectivity index is 2.58. The highest BCUT2D eigenvalue weighted by Gasteiger charge is 2.04. The molecule has 0 aliphatic heterocycles. The van der Waals surface area contributed by atoms with E-state index in [4.69, 9.17) is 12.2 Å². The van der Waals surface area contributed by atoms with Crippen LogP contribution in [0.25, 0.3) is 0 Å². The summed E-state index contributed by atoms with van der Waals surface area (Å²) in [6.45, 7) is 5.62. The fourth-order valence-corrected chi connectivity index (χ4v) is 1.50. The van der Waals surface area contributed by atoms with Gasteiger partial charge in [-0.3, -0.25) is 4.98 Å². The van der Waals surface area contributed by atoms with Crippen molar-refractivity contribution >= 4 is 17.3 Å². The van der Waals surface area contributed by atoms with Crippen molar-refractivity contribution in [2.75, 3.05) is 13.6 Å². The molecular weight excluding hydrogens is 206 g/mol. The Morgan fingerprint density at radius 3 is 2.87 bits per heavy atom.